The summed E-state index contributed by atoms with van der Waals surface area (Å²) in [6.45, 7) is 2.60. The molecule has 0 N–H and O–H groups in total. The molecule has 0 saturated carbocycles. The molecule has 0 aliphatic heterocycles. The second-order valence-electron chi connectivity index (χ2n) is 6.33. The van der Waals surface area contributed by atoms with Gasteiger partial charge in [0.05, 0.1) is 12.6 Å². The van der Waals surface area contributed by atoms with E-state index in [0.717, 1.165) is 36.3 Å². The molecule has 27 heavy (non-hydrogen) atoms. The van der Waals surface area contributed by atoms with Crippen molar-refractivity contribution >= 4 is 12.4 Å². The van der Waals surface area contributed by atoms with Gasteiger partial charge in [-0.05, 0) is 36.2 Å². The van der Waals surface area contributed by atoms with Crippen molar-refractivity contribution in [2.75, 3.05) is 0 Å². The zero-order valence-corrected chi connectivity index (χ0v) is 16.1. The standard InChI is InChI=1S/C21H22N4O.ClH/c1-2-3-12-21(14-22,15-25-17-23-16-24-25)18-8-7-11-20(13-18)26-19-9-5-4-6-10-19;/h4-11,13,16-17H,2-3,12,15H2,1H3;1H. The summed E-state index contributed by atoms with van der Waals surface area (Å²) in [6, 6.07) is 20.0. The Hall–Kier alpha value is -2.84. The van der Waals surface area contributed by atoms with E-state index in [1.165, 1.54) is 6.33 Å². The van der Waals surface area contributed by atoms with Crippen molar-refractivity contribution in [3.05, 3.63) is 72.8 Å². The molecule has 0 radical (unpaired) electrons. The predicted molar refractivity (Wildman–Crippen MR) is 107 cm³/mol. The first kappa shape index (κ1) is 20.5. The van der Waals surface area contributed by atoms with Gasteiger partial charge in [0, 0.05) is 0 Å². The third-order valence-electron chi connectivity index (χ3n) is 4.44. The molecular weight excluding hydrogens is 360 g/mol. The molecule has 140 valence electrons. The van der Waals surface area contributed by atoms with Crippen molar-refractivity contribution in [1.29, 1.82) is 5.26 Å². The summed E-state index contributed by atoms with van der Waals surface area (Å²) in [5, 5.41) is 14.3. The second kappa shape index (κ2) is 9.75. The minimum absolute atomic E-state index is 0. The van der Waals surface area contributed by atoms with Gasteiger partial charge in [-0.3, -0.25) is 4.68 Å². The number of ether oxygens (including phenoxy) is 1. The van der Waals surface area contributed by atoms with Crippen molar-refractivity contribution in [2.45, 2.75) is 38.1 Å². The molecule has 0 aliphatic rings. The highest BCUT2D eigenvalue weighted by Gasteiger charge is 2.33. The Balaban J connectivity index is 0.00000261. The number of nitriles is 1. The Bertz CT molecular complexity index is 861. The van der Waals surface area contributed by atoms with Crippen LogP contribution in [0.2, 0.25) is 0 Å². The van der Waals surface area contributed by atoms with Gasteiger partial charge in [-0.25, -0.2) is 4.98 Å². The molecule has 0 fully saturated rings. The van der Waals surface area contributed by atoms with Crippen LogP contribution in [0.15, 0.2) is 67.3 Å². The topological polar surface area (TPSA) is 63.7 Å². The molecule has 0 amide bonds. The molecule has 0 spiro atoms. The second-order valence-corrected chi connectivity index (χ2v) is 6.33. The lowest BCUT2D eigenvalue weighted by Crippen LogP contribution is -2.30. The van der Waals surface area contributed by atoms with Gasteiger partial charge in [-0.2, -0.15) is 10.4 Å². The molecule has 1 atom stereocenters. The van der Waals surface area contributed by atoms with Crippen molar-refractivity contribution in [3.8, 4) is 17.6 Å². The molecule has 1 heterocycles. The van der Waals surface area contributed by atoms with E-state index in [4.69, 9.17) is 4.74 Å². The van der Waals surface area contributed by atoms with Gasteiger partial charge < -0.3 is 4.74 Å². The van der Waals surface area contributed by atoms with E-state index >= 15 is 0 Å². The van der Waals surface area contributed by atoms with Gasteiger partial charge in [-0.15, -0.1) is 12.4 Å². The molecule has 1 unspecified atom stereocenters. The van der Waals surface area contributed by atoms with E-state index in [0.29, 0.717) is 6.54 Å². The van der Waals surface area contributed by atoms with Crippen LogP contribution in [0.1, 0.15) is 31.7 Å². The fraction of sp³-hybridized carbons (Fsp3) is 0.286. The van der Waals surface area contributed by atoms with Gasteiger partial charge in [0.25, 0.3) is 0 Å². The molecule has 0 saturated heterocycles. The summed E-state index contributed by atoms with van der Waals surface area (Å²) in [5.74, 6) is 1.50. The first-order valence-corrected chi connectivity index (χ1v) is 8.83. The van der Waals surface area contributed by atoms with Crippen molar-refractivity contribution in [2.24, 2.45) is 0 Å². The van der Waals surface area contributed by atoms with Crippen LogP contribution in [0.3, 0.4) is 0 Å². The SMILES string of the molecule is CCCCC(C#N)(Cn1cncn1)c1cccc(Oc2ccccc2)c1.Cl. The van der Waals surface area contributed by atoms with Crippen molar-refractivity contribution in [1.82, 2.24) is 14.8 Å². The van der Waals surface area contributed by atoms with Gasteiger partial charge >= 0.3 is 0 Å². The molecule has 1 aromatic heterocycles. The highest BCUT2D eigenvalue weighted by Crippen LogP contribution is 2.34. The van der Waals surface area contributed by atoms with E-state index in [1.54, 1.807) is 11.0 Å². The zero-order chi connectivity index (χ0) is 18.2. The molecular formula is C21H23ClN4O. The Labute approximate surface area is 166 Å². The summed E-state index contributed by atoms with van der Waals surface area (Å²) < 4.78 is 7.68. The Morgan fingerprint density at radius 2 is 1.89 bits per heavy atom. The number of benzene rings is 2. The number of halogens is 1. The lowest BCUT2D eigenvalue weighted by Gasteiger charge is -2.27. The first-order valence-electron chi connectivity index (χ1n) is 8.83. The summed E-state index contributed by atoms with van der Waals surface area (Å²) in [4.78, 5) is 4.01. The van der Waals surface area contributed by atoms with Crippen LogP contribution in [0.4, 0.5) is 0 Å². The summed E-state index contributed by atoms with van der Waals surface area (Å²) in [6.07, 6.45) is 5.90. The van der Waals surface area contributed by atoms with Gasteiger partial charge in [0.2, 0.25) is 0 Å². The fourth-order valence-electron chi connectivity index (χ4n) is 3.02. The minimum Gasteiger partial charge on any atom is -0.457 e. The van der Waals surface area contributed by atoms with Gasteiger partial charge in [-0.1, -0.05) is 50.1 Å². The van der Waals surface area contributed by atoms with Crippen LogP contribution >= 0.6 is 12.4 Å². The molecule has 3 aromatic rings. The van der Waals surface area contributed by atoms with E-state index in [-0.39, 0.29) is 12.4 Å². The number of rotatable bonds is 8. The third kappa shape index (κ3) is 5.08. The normalized spacial score (nSPS) is 12.4. The maximum absolute atomic E-state index is 10.1. The first-order chi connectivity index (χ1) is 12.8. The minimum atomic E-state index is -0.667. The number of hydrogen-bond donors (Lipinski definition) is 0. The van der Waals surface area contributed by atoms with Gasteiger partial charge in [0.1, 0.15) is 29.6 Å². The molecule has 2 aromatic carbocycles. The summed E-state index contributed by atoms with van der Waals surface area (Å²) in [7, 11) is 0. The van der Waals surface area contributed by atoms with Crippen molar-refractivity contribution < 1.29 is 4.74 Å². The monoisotopic (exact) mass is 382 g/mol. The molecule has 5 nitrogen and oxygen atoms in total. The van der Waals surface area contributed by atoms with Crippen LogP contribution in [0.5, 0.6) is 11.5 Å². The number of para-hydroxylation sites is 1. The van der Waals surface area contributed by atoms with E-state index < -0.39 is 5.41 Å². The van der Waals surface area contributed by atoms with Gasteiger partial charge in [0.15, 0.2) is 0 Å². The quantitative estimate of drug-likeness (QED) is 0.540. The number of hydrogen-bond acceptors (Lipinski definition) is 4. The lowest BCUT2D eigenvalue weighted by molar-refractivity contribution is 0.388. The van der Waals surface area contributed by atoms with E-state index in [2.05, 4.69) is 23.1 Å². The molecule has 6 heteroatoms. The average Bonchev–Trinajstić information content (AvgIpc) is 3.19. The molecule has 0 aliphatic carbocycles. The Kier molecular flexibility index (Phi) is 7.39. The van der Waals surface area contributed by atoms with E-state index in [1.807, 2.05) is 54.6 Å². The number of unbranched alkanes of at least 4 members (excludes halogenated alkanes) is 1. The molecule has 0 bridgehead atoms. The van der Waals surface area contributed by atoms with Crippen LogP contribution in [0, 0.1) is 11.3 Å². The van der Waals surface area contributed by atoms with Crippen LogP contribution in [0.25, 0.3) is 0 Å². The lowest BCUT2D eigenvalue weighted by atomic mass is 9.77. The van der Waals surface area contributed by atoms with Crippen LogP contribution in [-0.2, 0) is 12.0 Å². The summed E-state index contributed by atoms with van der Waals surface area (Å²) >= 11 is 0. The Morgan fingerprint density at radius 1 is 1.11 bits per heavy atom. The predicted octanol–water partition coefficient (Wildman–Crippen LogP) is 5.14. The summed E-state index contributed by atoms with van der Waals surface area (Å²) in [5.41, 5.74) is 0.275. The zero-order valence-electron chi connectivity index (χ0n) is 15.3. The largest absolute Gasteiger partial charge is 0.457 e. The number of nitrogens with zero attached hydrogens (tertiary/aromatic N) is 4. The average molecular weight is 383 g/mol. The maximum atomic E-state index is 10.1. The highest BCUT2D eigenvalue weighted by atomic mass is 35.5. The fourth-order valence-corrected chi connectivity index (χ4v) is 3.02. The Morgan fingerprint density at radius 3 is 2.56 bits per heavy atom. The van der Waals surface area contributed by atoms with Crippen molar-refractivity contribution in [3.63, 3.8) is 0 Å². The van der Waals surface area contributed by atoms with E-state index in [9.17, 15) is 5.26 Å². The number of aromatic nitrogens is 3. The highest BCUT2D eigenvalue weighted by molar-refractivity contribution is 5.85. The molecule has 3 rings (SSSR count). The smallest absolute Gasteiger partial charge is 0.137 e. The third-order valence-corrected chi connectivity index (χ3v) is 4.44. The van der Waals surface area contributed by atoms with Crippen LogP contribution < -0.4 is 4.74 Å². The maximum Gasteiger partial charge on any atom is 0.137 e. The van der Waals surface area contributed by atoms with Crippen LogP contribution in [-0.4, -0.2) is 14.8 Å².